The van der Waals surface area contributed by atoms with Crippen LogP contribution in [-0.4, -0.2) is 41.5 Å². The number of hydrogen-bond donors (Lipinski definition) is 2. The predicted octanol–water partition coefficient (Wildman–Crippen LogP) is 2.58. The fourth-order valence-electron chi connectivity index (χ4n) is 2.49. The second-order valence-electron chi connectivity index (χ2n) is 5.66. The molecule has 2 N–H and O–H groups in total. The first kappa shape index (κ1) is 16.9. The van der Waals surface area contributed by atoms with E-state index in [0.29, 0.717) is 29.1 Å². The highest BCUT2D eigenvalue weighted by atomic mass is 19.4. The Hall–Kier alpha value is -3.50. The molecule has 0 amide bonds. The lowest BCUT2D eigenvalue weighted by atomic mass is 10.2. The van der Waals surface area contributed by atoms with Gasteiger partial charge in [0, 0.05) is 18.5 Å². The Balaban J connectivity index is 1.43. The van der Waals surface area contributed by atoms with Crippen LogP contribution in [0.4, 0.5) is 19.0 Å². The molecule has 0 bridgehead atoms. The molecule has 27 heavy (non-hydrogen) atoms. The number of aromatic nitrogens is 7. The lowest BCUT2D eigenvalue weighted by Crippen LogP contribution is -2.14. The maximum Gasteiger partial charge on any atom is 0.453 e. The van der Waals surface area contributed by atoms with Crippen molar-refractivity contribution in [3.63, 3.8) is 0 Å². The molecule has 8 nitrogen and oxygen atoms in total. The van der Waals surface area contributed by atoms with Gasteiger partial charge in [-0.2, -0.15) is 22.8 Å². The van der Waals surface area contributed by atoms with Crippen molar-refractivity contribution >= 4 is 11.5 Å². The summed E-state index contributed by atoms with van der Waals surface area (Å²) in [5.41, 5.74) is 0.919. The summed E-state index contributed by atoms with van der Waals surface area (Å²) in [4.78, 5) is 4.40. The molecule has 11 heteroatoms. The normalized spacial score (nSPS) is 11.8. The molecule has 0 aliphatic rings. The van der Waals surface area contributed by atoms with Crippen LogP contribution in [0.15, 0.2) is 42.5 Å². The molecule has 138 valence electrons. The van der Waals surface area contributed by atoms with E-state index in [2.05, 4.69) is 35.8 Å². The minimum atomic E-state index is -4.63. The van der Waals surface area contributed by atoms with Crippen LogP contribution < -0.4 is 5.32 Å². The maximum atomic E-state index is 12.9. The summed E-state index contributed by atoms with van der Waals surface area (Å²) in [6.45, 7) is 0.408. The summed E-state index contributed by atoms with van der Waals surface area (Å²) >= 11 is 0. The number of benzene rings is 1. The molecule has 0 spiro atoms. The molecule has 0 unspecified atom stereocenters. The van der Waals surface area contributed by atoms with E-state index in [1.54, 1.807) is 6.07 Å². The van der Waals surface area contributed by atoms with Crippen LogP contribution >= 0.6 is 0 Å². The predicted molar refractivity (Wildman–Crippen MR) is 89.8 cm³/mol. The van der Waals surface area contributed by atoms with Gasteiger partial charge in [-0.25, -0.2) is 4.98 Å². The third-order valence-corrected chi connectivity index (χ3v) is 3.75. The van der Waals surface area contributed by atoms with E-state index < -0.39 is 12.0 Å². The largest absolute Gasteiger partial charge is 0.453 e. The van der Waals surface area contributed by atoms with Gasteiger partial charge in [-0.05, 0) is 12.1 Å². The topological polar surface area (TPSA) is 96.7 Å². The Morgan fingerprint density at radius 1 is 1.04 bits per heavy atom. The van der Waals surface area contributed by atoms with Crippen molar-refractivity contribution in [2.24, 2.45) is 0 Å². The maximum absolute atomic E-state index is 12.9. The number of H-pyrrole nitrogens is 1. The molecule has 0 atom stereocenters. The first-order chi connectivity index (χ1) is 13.0. The molecule has 0 aliphatic carbocycles. The number of rotatable bonds is 5. The van der Waals surface area contributed by atoms with Crippen LogP contribution in [0.3, 0.4) is 0 Å². The van der Waals surface area contributed by atoms with Gasteiger partial charge in [-0.15, -0.1) is 15.3 Å². The minimum Gasteiger partial charge on any atom is -0.368 e. The van der Waals surface area contributed by atoms with Crippen LogP contribution in [0.5, 0.6) is 0 Å². The average molecular weight is 374 g/mol. The van der Waals surface area contributed by atoms with Gasteiger partial charge in [0.05, 0.1) is 0 Å². The fraction of sp³-hybridized carbons (Fsp3) is 0.188. The summed E-state index contributed by atoms with van der Waals surface area (Å²) < 4.78 is 39.4. The molecule has 0 aliphatic heterocycles. The van der Waals surface area contributed by atoms with E-state index in [4.69, 9.17) is 0 Å². The molecule has 0 saturated heterocycles. The van der Waals surface area contributed by atoms with Crippen molar-refractivity contribution in [2.75, 3.05) is 11.9 Å². The number of nitrogens with one attached hydrogen (secondary N) is 2. The van der Waals surface area contributed by atoms with Crippen molar-refractivity contribution in [1.82, 2.24) is 35.0 Å². The minimum absolute atomic E-state index is 0.0237. The molecule has 4 aromatic rings. The van der Waals surface area contributed by atoms with E-state index >= 15 is 0 Å². The molecule has 0 saturated carbocycles. The Kier molecular flexibility index (Phi) is 4.18. The third-order valence-electron chi connectivity index (χ3n) is 3.75. The van der Waals surface area contributed by atoms with E-state index in [1.807, 2.05) is 30.3 Å². The standard InChI is InChI=1S/C16H13F3N8/c17-16(18,19)15-25-23-13-7-6-11(26-27(13)15)20-9-8-12-21-14(24-22-12)10-4-2-1-3-5-10/h1-7H,8-9H2,(H,20,26)(H,21,22,24). The van der Waals surface area contributed by atoms with Crippen LogP contribution in [0.2, 0.25) is 0 Å². The molecule has 3 heterocycles. The summed E-state index contributed by atoms with van der Waals surface area (Å²) in [6, 6.07) is 12.5. The molecule has 1 aromatic carbocycles. The smallest absolute Gasteiger partial charge is 0.368 e. The van der Waals surface area contributed by atoms with E-state index in [-0.39, 0.29) is 11.5 Å². The number of aromatic amines is 1. The van der Waals surface area contributed by atoms with Gasteiger partial charge in [0.2, 0.25) is 0 Å². The summed E-state index contributed by atoms with van der Waals surface area (Å²) in [5, 5.41) is 20.5. The Bertz CT molecular complexity index is 1050. The van der Waals surface area contributed by atoms with Crippen molar-refractivity contribution in [3.8, 4) is 11.4 Å². The number of alkyl halides is 3. The van der Waals surface area contributed by atoms with Gasteiger partial charge in [0.25, 0.3) is 5.82 Å². The van der Waals surface area contributed by atoms with Crippen LogP contribution in [0, 0.1) is 0 Å². The Labute approximate surface area is 150 Å². The summed E-state index contributed by atoms with van der Waals surface area (Å²) in [6.07, 6.45) is -4.13. The number of anilines is 1. The first-order valence-electron chi connectivity index (χ1n) is 8.01. The Morgan fingerprint density at radius 3 is 2.63 bits per heavy atom. The molecule has 0 radical (unpaired) electrons. The zero-order valence-corrected chi connectivity index (χ0v) is 13.8. The number of nitrogens with zero attached hydrogens (tertiary/aromatic N) is 6. The average Bonchev–Trinajstić information content (AvgIpc) is 3.29. The zero-order valence-electron chi connectivity index (χ0n) is 13.8. The van der Waals surface area contributed by atoms with Gasteiger partial charge in [-0.3, -0.25) is 5.10 Å². The highest BCUT2D eigenvalue weighted by molar-refractivity contribution is 5.53. The summed E-state index contributed by atoms with van der Waals surface area (Å²) in [7, 11) is 0. The Morgan fingerprint density at radius 2 is 1.85 bits per heavy atom. The van der Waals surface area contributed by atoms with Gasteiger partial charge in [0.1, 0.15) is 11.6 Å². The SMILES string of the molecule is FC(F)(F)c1nnc2ccc(NCCc3nc(-c4ccccc4)n[nH]3)nn12. The van der Waals surface area contributed by atoms with E-state index in [0.717, 1.165) is 5.56 Å². The van der Waals surface area contributed by atoms with Crippen molar-refractivity contribution in [3.05, 3.63) is 54.1 Å². The van der Waals surface area contributed by atoms with Gasteiger partial charge < -0.3 is 5.32 Å². The van der Waals surface area contributed by atoms with Gasteiger partial charge in [-0.1, -0.05) is 30.3 Å². The zero-order chi connectivity index (χ0) is 18.9. The van der Waals surface area contributed by atoms with E-state index in [1.165, 1.54) is 6.07 Å². The molecule has 3 aromatic heterocycles. The van der Waals surface area contributed by atoms with Crippen molar-refractivity contribution in [2.45, 2.75) is 12.6 Å². The highest BCUT2D eigenvalue weighted by Gasteiger charge is 2.37. The van der Waals surface area contributed by atoms with Crippen LogP contribution in [-0.2, 0) is 12.6 Å². The summed E-state index contributed by atoms with van der Waals surface area (Å²) in [5.74, 6) is 0.353. The van der Waals surface area contributed by atoms with Gasteiger partial charge in [0.15, 0.2) is 11.5 Å². The van der Waals surface area contributed by atoms with Crippen LogP contribution in [0.25, 0.3) is 17.0 Å². The number of fused-ring (bicyclic) bond motifs is 1. The lowest BCUT2D eigenvalue weighted by molar-refractivity contribution is -0.146. The highest BCUT2D eigenvalue weighted by Crippen LogP contribution is 2.27. The number of hydrogen-bond acceptors (Lipinski definition) is 6. The molecule has 0 fully saturated rings. The van der Waals surface area contributed by atoms with Gasteiger partial charge >= 0.3 is 6.18 Å². The number of halogens is 3. The monoisotopic (exact) mass is 374 g/mol. The van der Waals surface area contributed by atoms with Crippen LogP contribution in [0.1, 0.15) is 11.6 Å². The fourth-order valence-corrected chi connectivity index (χ4v) is 2.49. The quantitative estimate of drug-likeness (QED) is 0.557. The molecular weight excluding hydrogens is 361 g/mol. The van der Waals surface area contributed by atoms with Crippen molar-refractivity contribution < 1.29 is 13.2 Å². The van der Waals surface area contributed by atoms with Crippen molar-refractivity contribution in [1.29, 1.82) is 0 Å². The second-order valence-corrected chi connectivity index (χ2v) is 5.66. The second kappa shape index (κ2) is 6.67. The van der Waals surface area contributed by atoms with E-state index in [9.17, 15) is 13.2 Å². The molecule has 4 rings (SSSR count). The molecular formula is C16H13F3N8. The third kappa shape index (κ3) is 3.57. The lowest BCUT2D eigenvalue weighted by Gasteiger charge is -2.06. The first-order valence-corrected chi connectivity index (χ1v) is 8.01.